The van der Waals surface area contributed by atoms with Gasteiger partial charge in [0.05, 0.1) is 11.3 Å². The van der Waals surface area contributed by atoms with Gasteiger partial charge in [-0.05, 0) is 6.07 Å². The molecule has 1 amide bonds. The lowest BCUT2D eigenvalue weighted by Gasteiger charge is -2.11. The number of rotatable bonds is 3. The van der Waals surface area contributed by atoms with Gasteiger partial charge in [-0.2, -0.15) is 0 Å². The normalized spacial score (nSPS) is 12.3. The molecule has 0 N–H and O–H groups in total. The molecule has 0 aromatic heterocycles. The summed E-state index contributed by atoms with van der Waals surface area (Å²) < 4.78 is 10.3. The Hall–Kier alpha value is -2.31. The molecule has 0 radical (unpaired) electrons. The van der Waals surface area contributed by atoms with Crippen LogP contribution in [0.4, 0.5) is 5.69 Å². The maximum absolute atomic E-state index is 11.6. The van der Waals surface area contributed by atoms with Crippen molar-refractivity contribution in [1.82, 2.24) is 4.90 Å². The Morgan fingerprint density at radius 1 is 1.39 bits per heavy atom. The van der Waals surface area contributed by atoms with E-state index in [2.05, 4.69) is 0 Å². The highest BCUT2D eigenvalue weighted by atomic mass is 16.7. The number of likely N-dealkylation sites (N-methyl/N-ethyl adjacent to an activating group) is 1. The lowest BCUT2D eigenvalue weighted by atomic mass is 10.1. The van der Waals surface area contributed by atoms with Gasteiger partial charge in [-0.25, -0.2) is 0 Å². The summed E-state index contributed by atoms with van der Waals surface area (Å²) in [6, 6.07) is 2.85. The van der Waals surface area contributed by atoms with Crippen LogP contribution in [0.25, 0.3) is 0 Å². The van der Waals surface area contributed by atoms with E-state index >= 15 is 0 Å². The Bertz CT molecular complexity index is 512. The molecule has 0 saturated heterocycles. The minimum absolute atomic E-state index is 0.0661. The number of hydrogen-bond donors (Lipinski definition) is 0. The van der Waals surface area contributed by atoms with Gasteiger partial charge in [0.25, 0.3) is 0 Å². The minimum atomic E-state index is -0.537. The van der Waals surface area contributed by atoms with Gasteiger partial charge in [0.2, 0.25) is 18.4 Å². The first-order valence-corrected chi connectivity index (χ1v) is 5.26. The van der Waals surface area contributed by atoms with Crippen LogP contribution in [0.15, 0.2) is 12.1 Å². The molecule has 0 unspecified atom stereocenters. The molecule has 2 rings (SSSR count). The molecule has 1 aromatic rings. The third kappa shape index (κ3) is 2.06. The number of fused-ring (bicyclic) bond motifs is 1. The Balaban J connectivity index is 2.37. The summed E-state index contributed by atoms with van der Waals surface area (Å²) in [6.07, 6.45) is 0.122. The van der Waals surface area contributed by atoms with Crippen molar-refractivity contribution in [3.05, 3.63) is 27.8 Å². The molecule has 1 aliphatic rings. The van der Waals surface area contributed by atoms with Crippen LogP contribution in [0.3, 0.4) is 0 Å². The fourth-order valence-electron chi connectivity index (χ4n) is 1.64. The van der Waals surface area contributed by atoms with Crippen LogP contribution in [0.1, 0.15) is 5.56 Å². The summed E-state index contributed by atoms with van der Waals surface area (Å²) in [5.74, 6) is 0.282. The van der Waals surface area contributed by atoms with Crippen molar-refractivity contribution < 1.29 is 19.2 Å². The van der Waals surface area contributed by atoms with Crippen molar-refractivity contribution in [2.24, 2.45) is 0 Å². The monoisotopic (exact) mass is 252 g/mol. The van der Waals surface area contributed by atoms with Gasteiger partial charge in [0.15, 0.2) is 5.75 Å². The Morgan fingerprint density at radius 2 is 2.06 bits per heavy atom. The van der Waals surface area contributed by atoms with Gasteiger partial charge < -0.3 is 14.4 Å². The highest BCUT2D eigenvalue weighted by Gasteiger charge is 2.29. The third-order valence-corrected chi connectivity index (χ3v) is 2.62. The average molecular weight is 252 g/mol. The number of amides is 1. The maximum atomic E-state index is 11.6. The highest BCUT2D eigenvalue weighted by molar-refractivity contribution is 5.80. The van der Waals surface area contributed by atoms with Crippen LogP contribution in [0.5, 0.6) is 11.5 Å². The fraction of sp³-hybridized carbons (Fsp3) is 0.364. The molecule has 18 heavy (non-hydrogen) atoms. The van der Waals surface area contributed by atoms with Crippen molar-refractivity contribution in [1.29, 1.82) is 0 Å². The number of nitro groups is 1. The van der Waals surface area contributed by atoms with E-state index in [-0.39, 0.29) is 30.6 Å². The first kappa shape index (κ1) is 12.2. The van der Waals surface area contributed by atoms with E-state index in [0.29, 0.717) is 11.3 Å². The summed E-state index contributed by atoms with van der Waals surface area (Å²) in [4.78, 5) is 23.3. The largest absolute Gasteiger partial charge is 0.453 e. The van der Waals surface area contributed by atoms with E-state index in [4.69, 9.17) is 9.47 Å². The quantitative estimate of drug-likeness (QED) is 0.591. The molecule has 1 aromatic carbocycles. The number of nitrogens with zero attached hydrogens (tertiary/aromatic N) is 2. The molecule has 0 spiro atoms. The summed E-state index contributed by atoms with van der Waals surface area (Å²) in [5.41, 5.74) is 0.440. The SMILES string of the molecule is CN(C)C(=O)Cc1ccc([N+](=O)[O-])c2c1OCO2. The molecule has 0 fully saturated rings. The zero-order chi connectivity index (χ0) is 13.3. The first-order chi connectivity index (χ1) is 8.50. The van der Waals surface area contributed by atoms with Gasteiger partial charge in [0, 0.05) is 25.7 Å². The molecule has 0 saturated carbocycles. The Kier molecular flexibility index (Phi) is 3.05. The molecule has 0 aliphatic carbocycles. The van der Waals surface area contributed by atoms with Gasteiger partial charge in [-0.3, -0.25) is 14.9 Å². The van der Waals surface area contributed by atoms with E-state index in [1.165, 1.54) is 17.0 Å². The molecular weight excluding hydrogens is 240 g/mol. The molecule has 1 aliphatic heterocycles. The highest BCUT2D eigenvalue weighted by Crippen LogP contribution is 2.43. The number of ether oxygens (including phenoxy) is 2. The molecule has 7 nitrogen and oxygen atoms in total. The zero-order valence-corrected chi connectivity index (χ0v) is 10.0. The van der Waals surface area contributed by atoms with Crippen molar-refractivity contribution in [2.75, 3.05) is 20.9 Å². The Labute approximate surface area is 103 Å². The fourth-order valence-corrected chi connectivity index (χ4v) is 1.64. The van der Waals surface area contributed by atoms with Gasteiger partial charge in [-0.1, -0.05) is 0 Å². The lowest BCUT2D eigenvalue weighted by molar-refractivity contribution is -0.385. The van der Waals surface area contributed by atoms with Crippen molar-refractivity contribution in [3.8, 4) is 11.5 Å². The average Bonchev–Trinajstić information content (AvgIpc) is 2.77. The number of hydrogen-bond acceptors (Lipinski definition) is 5. The zero-order valence-electron chi connectivity index (χ0n) is 10.0. The number of carbonyl (C=O) groups is 1. The van der Waals surface area contributed by atoms with E-state index in [1.807, 2.05) is 0 Å². The second kappa shape index (κ2) is 4.52. The van der Waals surface area contributed by atoms with Gasteiger partial charge in [0.1, 0.15) is 0 Å². The molecular formula is C11H12N2O5. The van der Waals surface area contributed by atoms with E-state index in [9.17, 15) is 14.9 Å². The summed E-state index contributed by atoms with van der Waals surface area (Å²) in [5, 5.41) is 10.8. The van der Waals surface area contributed by atoms with Crippen molar-refractivity contribution in [2.45, 2.75) is 6.42 Å². The number of benzene rings is 1. The molecule has 0 bridgehead atoms. The first-order valence-electron chi connectivity index (χ1n) is 5.26. The van der Waals surface area contributed by atoms with Crippen molar-refractivity contribution >= 4 is 11.6 Å². The van der Waals surface area contributed by atoms with Gasteiger partial charge in [-0.15, -0.1) is 0 Å². The van der Waals surface area contributed by atoms with Crippen LogP contribution in [-0.4, -0.2) is 36.6 Å². The summed E-state index contributed by atoms with van der Waals surface area (Å²) >= 11 is 0. The van der Waals surface area contributed by atoms with Gasteiger partial charge >= 0.3 is 5.69 Å². The second-order valence-corrected chi connectivity index (χ2v) is 4.03. The van der Waals surface area contributed by atoms with Crippen LogP contribution in [-0.2, 0) is 11.2 Å². The maximum Gasteiger partial charge on any atom is 0.315 e. The smallest absolute Gasteiger partial charge is 0.315 e. The van der Waals surface area contributed by atoms with E-state index in [1.54, 1.807) is 14.1 Å². The van der Waals surface area contributed by atoms with E-state index in [0.717, 1.165) is 0 Å². The minimum Gasteiger partial charge on any atom is -0.453 e. The predicted octanol–water partition coefficient (Wildman–Crippen LogP) is 0.954. The van der Waals surface area contributed by atoms with Crippen molar-refractivity contribution in [3.63, 3.8) is 0 Å². The van der Waals surface area contributed by atoms with E-state index < -0.39 is 4.92 Å². The topological polar surface area (TPSA) is 81.9 Å². The second-order valence-electron chi connectivity index (χ2n) is 4.03. The van der Waals surface area contributed by atoms with Crippen LogP contribution in [0, 0.1) is 10.1 Å². The summed E-state index contributed by atoms with van der Waals surface area (Å²) in [7, 11) is 3.29. The van der Waals surface area contributed by atoms with Crippen LogP contribution < -0.4 is 9.47 Å². The molecule has 96 valence electrons. The Morgan fingerprint density at radius 3 is 2.67 bits per heavy atom. The molecule has 7 heteroatoms. The van der Waals surface area contributed by atoms with Crippen LogP contribution >= 0.6 is 0 Å². The van der Waals surface area contributed by atoms with Crippen LogP contribution in [0.2, 0.25) is 0 Å². The summed E-state index contributed by atoms with van der Waals surface area (Å²) in [6.45, 7) is -0.0661. The third-order valence-electron chi connectivity index (χ3n) is 2.62. The number of carbonyl (C=O) groups excluding carboxylic acids is 1. The number of nitro benzene ring substituents is 1. The lowest BCUT2D eigenvalue weighted by Crippen LogP contribution is -2.23. The molecule has 0 atom stereocenters. The molecule has 1 heterocycles. The predicted molar refractivity (Wildman–Crippen MR) is 61.6 cm³/mol. The standard InChI is InChI=1S/C11H12N2O5/c1-12(2)9(14)5-7-3-4-8(13(15)16)11-10(7)17-6-18-11/h3-4H,5-6H2,1-2H3.